The fourth-order valence-electron chi connectivity index (χ4n) is 3.29. The van der Waals surface area contributed by atoms with E-state index in [1.165, 1.54) is 0 Å². The highest BCUT2D eigenvalue weighted by atomic mass is 16.5. The molecule has 1 aliphatic heterocycles. The zero-order chi connectivity index (χ0) is 18.3. The van der Waals surface area contributed by atoms with Gasteiger partial charge in [-0.25, -0.2) is 0 Å². The van der Waals surface area contributed by atoms with E-state index in [2.05, 4.69) is 0 Å². The fourth-order valence-corrected chi connectivity index (χ4v) is 3.29. The molecule has 0 radical (unpaired) electrons. The first-order chi connectivity index (χ1) is 12.7. The molecule has 1 atom stereocenters. The topological polar surface area (TPSA) is 67.1 Å². The summed E-state index contributed by atoms with van der Waals surface area (Å²) in [6, 6.07) is 8.96. The summed E-state index contributed by atoms with van der Waals surface area (Å²) in [7, 11) is 4.64. The smallest absolute Gasteiger partial charge is 0.203 e. The number of rotatable bonds is 4. The van der Waals surface area contributed by atoms with Gasteiger partial charge in [-0.1, -0.05) is 0 Å². The molecule has 1 aromatic heterocycles. The van der Waals surface area contributed by atoms with E-state index in [9.17, 15) is 4.79 Å². The first kappa shape index (κ1) is 16.3. The first-order valence-corrected chi connectivity index (χ1v) is 8.14. The van der Waals surface area contributed by atoms with Gasteiger partial charge in [-0.05, 0) is 29.8 Å². The van der Waals surface area contributed by atoms with Crippen molar-refractivity contribution in [1.82, 2.24) is 0 Å². The number of ketones is 1. The minimum Gasteiger partial charge on any atom is -0.493 e. The van der Waals surface area contributed by atoms with E-state index >= 15 is 0 Å². The van der Waals surface area contributed by atoms with E-state index in [0.29, 0.717) is 34.1 Å². The van der Waals surface area contributed by atoms with Gasteiger partial charge in [0.25, 0.3) is 0 Å². The number of benzene rings is 2. The third kappa shape index (κ3) is 2.45. The Kier molecular flexibility index (Phi) is 3.95. The van der Waals surface area contributed by atoms with Crippen molar-refractivity contribution < 1.29 is 28.2 Å². The number of fused-ring (bicyclic) bond motifs is 2. The van der Waals surface area contributed by atoms with E-state index in [-0.39, 0.29) is 12.4 Å². The second kappa shape index (κ2) is 6.29. The zero-order valence-electron chi connectivity index (χ0n) is 14.7. The standard InChI is InChI=1S/C20H18O6/c1-22-17-7-12(8-18(23-2)20(17)24-3)14-10-26-16-9-15-11(4-5-25-15)6-13(16)19(14)21/h4-9,14H,10H2,1-3H3/t14-/m0/s1. The summed E-state index contributed by atoms with van der Waals surface area (Å²) in [4.78, 5) is 13.1. The molecule has 6 nitrogen and oxygen atoms in total. The van der Waals surface area contributed by atoms with Crippen LogP contribution in [-0.2, 0) is 0 Å². The van der Waals surface area contributed by atoms with Crippen LogP contribution in [-0.4, -0.2) is 33.7 Å². The molecule has 26 heavy (non-hydrogen) atoms. The number of carbonyl (C=O) groups is 1. The predicted octanol–water partition coefficient (Wildman–Crippen LogP) is 3.82. The zero-order valence-corrected chi connectivity index (χ0v) is 14.7. The minimum absolute atomic E-state index is 0.0105. The molecule has 134 valence electrons. The number of methoxy groups -OCH3 is 3. The Morgan fingerprint density at radius 2 is 1.73 bits per heavy atom. The van der Waals surface area contributed by atoms with Crippen molar-refractivity contribution in [3.8, 4) is 23.0 Å². The Balaban J connectivity index is 1.78. The average molecular weight is 354 g/mol. The third-order valence-corrected chi connectivity index (χ3v) is 4.63. The van der Waals surface area contributed by atoms with Crippen molar-refractivity contribution >= 4 is 16.8 Å². The van der Waals surface area contributed by atoms with Crippen molar-refractivity contribution in [1.29, 1.82) is 0 Å². The molecule has 0 bridgehead atoms. The first-order valence-electron chi connectivity index (χ1n) is 8.14. The summed E-state index contributed by atoms with van der Waals surface area (Å²) >= 11 is 0. The van der Waals surface area contributed by atoms with Crippen LogP contribution < -0.4 is 18.9 Å². The summed E-state index contributed by atoms with van der Waals surface area (Å²) in [6.07, 6.45) is 1.59. The van der Waals surface area contributed by atoms with Crippen LogP contribution in [0.3, 0.4) is 0 Å². The lowest BCUT2D eigenvalue weighted by atomic mass is 9.88. The maximum Gasteiger partial charge on any atom is 0.203 e. The number of hydrogen-bond donors (Lipinski definition) is 0. The van der Waals surface area contributed by atoms with E-state index in [1.807, 2.05) is 6.07 Å². The quantitative estimate of drug-likeness (QED) is 0.710. The van der Waals surface area contributed by atoms with Gasteiger partial charge in [-0.2, -0.15) is 0 Å². The van der Waals surface area contributed by atoms with Crippen LogP contribution in [0.15, 0.2) is 41.0 Å². The largest absolute Gasteiger partial charge is 0.493 e. The summed E-state index contributed by atoms with van der Waals surface area (Å²) in [5.41, 5.74) is 1.99. The van der Waals surface area contributed by atoms with Crippen LogP contribution in [0.4, 0.5) is 0 Å². The molecule has 4 rings (SSSR count). The lowest BCUT2D eigenvalue weighted by Crippen LogP contribution is -2.26. The number of ether oxygens (including phenoxy) is 4. The second-order valence-corrected chi connectivity index (χ2v) is 5.99. The van der Waals surface area contributed by atoms with Crippen molar-refractivity contribution in [3.63, 3.8) is 0 Å². The van der Waals surface area contributed by atoms with E-state index in [4.69, 9.17) is 23.4 Å². The van der Waals surface area contributed by atoms with Gasteiger partial charge < -0.3 is 23.4 Å². The molecule has 0 N–H and O–H groups in total. The van der Waals surface area contributed by atoms with E-state index in [0.717, 1.165) is 10.9 Å². The van der Waals surface area contributed by atoms with Crippen LogP contribution >= 0.6 is 0 Å². The Morgan fingerprint density at radius 1 is 1.00 bits per heavy atom. The summed E-state index contributed by atoms with van der Waals surface area (Å²) in [6.45, 7) is 0.233. The average Bonchev–Trinajstić information content (AvgIpc) is 3.13. The fraction of sp³-hybridized carbons (Fsp3) is 0.250. The number of hydrogen-bond acceptors (Lipinski definition) is 6. The van der Waals surface area contributed by atoms with E-state index < -0.39 is 5.92 Å². The molecule has 0 saturated carbocycles. The van der Waals surface area contributed by atoms with Gasteiger partial charge >= 0.3 is 0 Å². The molecule has 6 heteroatoms. The lowest BCUT2D eigenvalue weighted by Gasteiger charge is -2.25. The lowest BCUT2D eigenvalue weighted by molar-refractivity contribution is 0.0896. The molecule has 0 saturated heterocycles. The SMILES string of the molecule is COc1cc([C@@H]2COc3cc4occc4cc3C2=O)cc(OC)c1OC. The van der Waals surface area contributed by atoms with Crippen molar-refractivity contribution in [3.05, 3.63) is 47.7 Å². The minimum atomic E-state index is -0.458. The van der Waals surface area contributed by atoms with Crippen LogP contribution in [0.5, 0.6) is 23.0 Å². The van der Waals surface area contributed by atoms with Gasteiger partial charge in [0, 0.05) is 11.5 Å². The molecule has 0 amide bonds. The molecule has 1 aliphatic rings. The van der Waals surface area contributed by atoms with Gasteiger partial charge in [0.15, 0.2) is 17.3 Å². The Morgan fingerprint density at radius 3 is 2.38 bits per heavy atom. The Labute approximate surface area is 150 Å². The molecule has 2 heterocycles. The highest BCUT2D eigenvalue weighted by Gasteiger charge is 2.32. The summed E-state index contributed by atoms with van der Waals surface area (Å²) in [5, 5.41) is 0.867. The molecule has 2 aromatic carbocycles. The van der Waals surface area contributed by atoms with Crippen molar-refractivity contribution in [2.75, 3.05) is 27.9 Å². The highest BCUT2D eigenvalue weighted by Crippen LogP contribution is 2.42. The maximum absolute atomic E-state index is 13.1. The summed E-state index contributed by atoms with van der Waals surface area (Å²) in [5.74, 6) is 1.57. The molecule has 0 fully saturated rings. The molecule has 0 unspecified atom stereocenters. The normalized spacial score (nSPS) is 16.1. The summed E-state index contributed by atoms with van der Waals surface area (Å²) < 4.78 is 27.4. The Bertz CT molecular complexity index is 962. The maximum atomic E-state index is 13.1. The number of carbonyl (C=O) groups excluding carboxylic acids is 1. The van der Waals surface area contributed by atoms with Crippen molar-refractivity contribution in [2.45, 2.75) is 5.92 Å². The monoisotopic (exact) mass is 354 g/mol. The van der Waals surface area contributed by atoms with Crippen LogP contribution in [0, 0.1) is 0 Å². The second-order valence-electron chi connectivity index (χ2n) is 5.99. The van der Waals surface area contributed by atoms with Gasteiger partial charge in [0.05, 0.1) is 39.1 Å². The van der Waals surface area contributed by atoms with Crippen LogP contribution in [0.25, 0.3) is 11.0 Å². The molecular weight excluding hydrogens is 336 g/mol. The van der Waals surface area contributed by atoms with Gasteiger partial charge in [-0.3, -0.25) is 4.79 Å². The number of Topliss-reactive ketones (excluding diaryl/α,β-unsaturated/α-hetero) is 1. The molecule has 0 spiro atoms. The Hall–Kier alpha value is -3.15. The van der Waals surface area contributed by atoms with Crippen LogP contribution in [0.2, 0.25) is 0 Å². The van der Waals surface area contributed by atoms with Gasteiger partial charge in [0.2, 0.25) is 5.75 Å². The third-order valence-electron chi connectivity index (χ3n) is 4.63. The molecule has 0 aliphatic carbocycles. The molecule has 3 aromatic rings. The highest BCUT2D eigenvalue weighted by molar-refractivity contribution is 6.06. The van der Waals surface area contributed by atoms with Gasteiger partial charge in [-0.15, -0.1) is 0 Å². The molecular formula is C20H18O6. The van der Waals surface area contributed by atoms with Crippen molar-refractivity contribution in [2.24, 2.45) is 0 Å². The number of furan rings is 1. The van der Waals surface area contributed by atoms with Crippen LogP contribution in [0.1, 0.15) is 21.8 Å². The predicted molar refractivity (Wildman–Crippen MR) is 94.9 cm³/mol. The van der Waals surface area contributed by atoms with Gasteiger partial charge in [0.1, 0.15) is 17.9 Å². The van der Waals surface area contributed by atoms with E-state index in [1.54, 1.807) is 51.9 Å².